The van der Waals surface area contributed by atoms with Crippen molar-refractivity contribution in [3.63, 3.8) is 0 Å². The average molecular weight is 524 g/mol. The van der Waals surface area contributed by atoms with Crippen LogP contribution in [0.2, 0.25) is 0 Å². The van der Waals surface area contributed by atoms with E-state index in [1.165, 1.54) is 19.3 Å². The molecule has 0 aliphatic rings. The van der Waals surface area contributed by atoms with Crippen LogP contribution >= 0.6 is 0 Å². The number of nitrogens with zero attached hydrogens (tertiary/aromatic N) is 1. The van der Waals surface area contributed by atoms with Crippen molar-refractivity contribution >= 4 is 17.8 Å². The molecule has 2 aromatic rings. The van der Waals surface area contributed by atoms with Gasteiger partial charge >= 0.3 is 11.9 Å². The third kappa shape index (κ3) is 10.7. The van der Waals surface area contributed by atoms with Crippen LogP contribution in [-0.2, 0) is 25.5 Å². The molecule has 1 amide bonds. The molecule has 0 spiro atoms. The van der Waals surface area contributed by atoms with Crippen LogP contribution in [0.1, 0.15) is 84.1 Å². The van der Waals surface area contributed by atoms with E-state index in [0.29, 0.717) is 32.5 Å². The molecule has 38 heavy (non-hydrogen) atoms. The standard InChI is InChI=1S/C32H45NO5/c1-4-6-7-8-9-13-23-33(29(34)20-21-30(35)36)24-22-32(3,31(37)38-5-2)25-26-16-18-28(19-17-26)27-14-11-10-12-15-27/h10-12,14-19H,4-9,13,20-25H2,1-3H3,(H,35,36)/t32-/m0/s1. The number of rotatable bonds is 18. The fourth-order valence-electron chi connectivity index (χ4n) is 4.66. The van der Waals surface area contributed by atoms with E-state index in [0.717, 1.165) is 36.0 Å². The van der Waals surface area contributed by atoms with Crippen molar-refractivity contribution < 1.29 is 24.2 Å². The molecule has 2 rings (SSSR count). The van der Waals surface area contributed by atoms with Gasteiger partial charge in [-0.15, -0.1) is 0 Å². The van der Waals surface area contributed by atoms with E-state index in [9.17, 15) is 14.4 Å². The number of amides is 1. The van der Waals surface area contributed by atoms with Gasteiger partial charge in [0.05, 0.1) is 18.4 Å². The number of carbonyl (C=O) groups excluding carboxylic acids is 2. The van der Waals surface area contributed by atoms with Crippen molar-refractivity contribution in [1.29, 1.82) is 0 Å². The van der Waals surface area contributed by atoms with Crippen LogP contribution in [-0.4, -0.2) is 47.5 Å². The Balaban J connectivity index is 2.11. The predicted octanol–water partition coefficient (Wildman–Crippen LogP) is 6.91. The van der Waals surface area contributed by atoms with Gasteiger partial charge in [-0.3, -0.25) is 14.4 Å². The van der Waals surface area contributed by atoms with Gasteiger partial charge in [-0.1, -0.05) is 93.6 Å². The summed E-state index contributed by atoms with van der Waals surface area (Å²) in [5, 5.41) is 9.06. The van der Waals surface area contributed by atoms with E-state index >= 15 is 0 Å². The lowest BCUT2D eigenvalue weighted by Crippen LogP contribution is -2.39. The molecule has 0 bridgehead atoms. The molecule has 0 radical (unpaired) electrons. The lowest BCUT2D eigenvalue weighted by molar-refractivity contribution is -0.155. The van der Waals surface area contributed by atoms with E-state index < -0.39 is 11.4 Å². The number of ether oxygens (including phenoxy) is 1. The molecule has 1 atom stereocenters. The summed E-state index contributed by atoms with van der Waals surface area (Å²) in [7, 11) is 0. The topological polar surface area (TPSA) is 83.9 Å². The molecule has 0 saturated carbocycles. The fraction of sp³-hybridized carbons (Fsp3) is 0.531. The van der Waals surface area contributed by atoms with E-state index in [1.807, 2.05) is 37.3 Å². The number of aliphatic carboxylic acids is 1. The Hall–Kier alpha value is -3.15. The van der Waals surface area contributed by atoms with Crippen LogP contribution < -0.4 is 0 Å². The minimum Gasteiger partial charge on any atom is -0.481 e. The summed E-state index contributed by atoms with van der Waals surface area (Å²) in [6, 6.07) is 18.4. The molecule has 208 valence electrons. The van der Waals surface area contributed by atoms with E-state index in [-0.39, 0.29) is 24.7 Å². The summed E-state index contributed by atoms with van der Waals surface area (Å²) < 4.78 is 5.46. The van der Waals surface area contributed by atoms with Gasteiger partial charge in [0.1, 0.15) is 0 Å². The van der Waals surface area contributed by atoms with Crippen molar-refractivity contribution in [3.05, 3.63) is 60.2 Å². The second-order valence-corrected chi connectivity index (χ2v) is 10.3. The number of carboxylic acid groups (broad SMARTS) is 1. The first-order valence-electron chi connectivity index (χ1n) is 14.1. The molecule has 0 aliphatic carbocycles. The number of hydrogen-bond acceptors (Lipinski definition) is 4. The van der Waals surface area contributed by atoms with Gasteiger partial charge in [-0.05, 0) is 49.8 Å². The normalized spacial score (nSPS) is 12.5. The third-order valence-electron chi connectivity index (χ3n) is 7.04. The van der Waals surface area contributed by atoms with Crippen LogP contribution in [0, 0.1) is 5.41 Å². The lowest BCUT2D eigenvalue weighted by Gasteiger charge is -2.31. The number of hydrogen-bond donors (Lipinski definition) is 1. The molecule has 0 fully saturated rings. The molecular formula is C32H45NO5. The Kier molecular flexibility index (Phi) is 13.6. The van der Waals surface area contributed by atoms with Gasteiger partial charge in [0.25, 0.3) is 0 Å². The summed E-state index contributed by atoms with van der Waals surface area (Å²) >= 11 is 0. The first-order valence-corrected chi connectivity index (χ1v) is 14.1. The number of esters is 1. The zero-order valence-electron chi connectivity index (χ0n) is 23.4. The van der Waals surface area contributed by atoms with Gasteiger partial charge < -0.3 is 14.7 Å². The van der Waals surface area contributed by atoms with Crippen molar-refractivity contribution in [3.8, 4) is 11.1 Å². The lowest BCUT2D eigenvalue weighted by atomic mass is 9.80. The third-order valence-corrected chi connectivity index (χ3v) is 7.04. The van der Waals surface area contributed by atoms with Gasteiger partial charge in [0.2, 0.25) is 5.91 Å². The van der Waals surface area contributed by atoms with E-state index in [1.54, 1.807) is 11.8 Å². The molecule has 0 unspecified atom stereocenters. The first kappa shape index (κ1) is 31.1. The summed E-state index contributed by atoms with van der Waals surface area (Å²) in [6.07, 6.45) is 7.35. The minimum atomic E-state index is -0.979. The van der Waals surface area contributed by atoms with Crippen molar-refractivity contribution in [2.45, 2.75) is 85.0 Å². The highest BCUT2D eigenvalue weighted by atomic mass is 16.5. The summed E-state index contributed by atoms with van der Waals surface area (Å²) in [5.41, 5.74) is 2.47. The minimum absolute atomic E-state index is 0.0256. The number of carboxylic acids is 1. The van der Waals surface area contributed by atoms with Crippen molar-refractivity contribution in [1.82, 2.24) is 4.90 Å². The molecule has 0 heterocycles. The number of carbonyl (C=O) groups is 3. The Labute approximate surface area is 228 Å². The van der Waals surface area contributed by atoms with Gasteiger partial charge in [0, 0.05) is 19.5 Å². The highest BCUT2D eigenvalue weighted by molar-refractivity contribution is 5.81. The van der Waals surface area contributed by atoms with Crippen LogP contribution in [0.5, 0.6) is 0 Å². The highest BCUT2D eigenvalue weighted by Gasteiger charge is 2.35. The SMILES string of the molecule is CCCCCCCCN(CC[C@@](C)(Cc1ccc(-c2ccccc2)cc1)C(=O)OCC)C(=O)CCC(=O)O. The van der Waals surface area contributed by atoms with Crippen LogP contribution in [0.15, 0.2) is 54.6 Å². The van der Waals surface area contributed by atoms with Gasteiger partial charge in [-0.25, -0.2) is 0 Å². The molecule has 2 aromatic carbocycles. The fourth-order valence-corrected chi connectivity index (χ4v) is 4.66. The Morgan fingerprint density at radius 2 is 1.45 bits per heavy atom. The second kappa shape index (κ2) is 16.6. The van der Waals surface area contributed by atoms with Crippen LogP contribution in [0.25, 0.3) is 11.1 Å². The number of unbranched alkanes of at least 4 members (excludes halogenated alkanes) is 5. The van der Waals surface area contributed by atoms with Crippen LogP contribution in [0.4, 0.5) is 0 Å². The van der Waals surface area contributed by atoms with E-state index in [2.05, 4.69) is 31.2 Å². The second-order valence-electron chi connectivity index (χ2n) is 10.3. The maximum atomic E-state index is 13.1. The Morgan fingerprint density at radius 1 is 0.816 bits per heavy atom. The Bertz CT molecular complexity index is 989. The molecule has 0 aromatic heterocycles. The average Bonchev–Trinajstić information content (AvgIpc) is 2.92. The summed E-state index contributed by atoms with van der Waals surface area (Å²) in [6.45, 7) is 7.15. The highest BCUT2D eigenvalue weighted by Crippen LogP contribution is 2.30. The first-order chi connectivity index (χ1) is 18.3. The summed E-state index contributed by atoms with van der Waals surface area (Å²) in [4.78, 5) is 38.8. The van der Waals surface area contributed by atoms with Gasteiger partial charge in [-0.2, -0.15) is 0 Å². The largest absolute Gasteiger partial charge is 0.481 e. The van der Waals surface area contributed by atoms with Crippen molar-refractivity contribution in [2.24, 2.45) is 5.41 Å². The summed E-state index contributed by atoms with van der Waals surface area (Å²) in [5.74, 6) is -1.42. The maximum absolute atomic E-state index is 13.1. The van der Waals surface area contributed by atoms with Crippen molar-refractivity contribution in [2.75, 3.05) is 19.7 Å². The molecule has 6 nitrogen and oxygen atoms in total. The monoisotopic (exact) mass is 523 g/mol. The molecule has 6 heteroatoms. The molecule has 0 saturated heterocycles. The zero-order valence-corrected chi connectivity index (χ0v) is 23.4. The van der Waals surface area contributed by atoms with Crippen LogP contribution in [0.3, 0.4) is 0 Å². The zero-order chi connectivity index (χ0) is 27.8. The number of benzene rings is 2. The maximum Gasteiger partial charge on any atom is 0.312 e. The molecular weight excluding hydrogens is 478 g/mol. The molecule has 0 aliphatic heterocycles. The van der Waals surface area contributed by atoms with Gasteiger partial charge in [0.15, 0.2) is 0 Å². The molecule has 1 N–H and O–H groups in total. The quantitative estimate of drug-likeness (QED) is 0.170. The van der Waals surface area contributed by atoms with E-state index in [4.69, 9.17) is 9.84 Å². The predicted molar refractivity (Wildman–Crippen MR) is 152 cm³/mol. The Morgan fingerprint density at radius 3 is 2.08 bits per heavy atom. The smallest absolute Gasteiger partial charge is 0.312 e.